The van der Waals surface area contributed by atoms with Gasteiger partial charge >= 0.3 is 0 Å². The highest BCUT2D eigenvalue weighted by Gasteiger charge is 2.20. The molecule has 2 rings (SSSR count). The molecular formula is C14H19BrN2O. The highest BCUT2D eigenvalue weighted by Crippen LogP contribution is 2.09. The second kappa shape index (κ2) is 6.90. The largest absolute Gasteiger partial charge is 0.340 e. The lowest BCUT2D eigenvalue weighted by Crippen LogP contribution is -2.48. The molecule has 1 aromatic carbocycles. The average molecular weight is 311 g/mol. The molecule has 0 radical (unpaired) electrons. The van der Waals surface area contributed by atoms with Gasteiger partial charge in [0, 0.05) is 44.5 Å². The normalized spacial score (nSPS) is 16.8. The summed E-state index contributed by atoms with van der Waals surface area (Å²) in [5.41, 5.74) is 1.35. The van der Waals surface area contributed by atoms with E-state index in [1.807, 2.05) is 11.0 Å². The number of rotatable bonds is 4. The summed E-state index contributed by atoms with van der Waals surface area (Å²) in [7, 11) is 0. The van der Waals surface area contributed by atoms with Gasteiger partial charge in [-0.25, -0.2) is 0 Å². The summed E-state index contributed by atoms with van der Waals surface area (Å²) in [6.07, 6.45) is 0.610. The Balaban J connectivity index is 1.78. The van der Waals surface area contributed by atoms with E-state index < -0.39 is 0 Å². The Morgan fingerprint density at radius 2 is 1.78 bits per heavy atom. The number of hydrogen-bond donors (Lipinski definition) is 0. The van der Waals surface area contributed by atoms with E-state index in [0.29, 0.717) is 6.42 Å². The number of amides is 1. The Labute approximate surface area is 117 Å². The fourth-order valence-corrected chi connectivity index (χ4v) is 2.58. The third-order valence-corrected chi connectivity index (χ3v) is 3.68. The van der Waals surface area contributed by atoms with Gasteiger partial charge in [0.2, 0.25) is 5.91 Å². The Morgan fingerprint density at radius 3 is 2.39 bits per heavy atom. The van der Waals surface area contributed by atoms with E-state index in [-0.39, 0.29) is 5.91 Å². The van der Waals surface area contributed by atoms with Crippen molar-refractivity contribution >= 4 is 21.8 Å². The van der Waals surface area contributed by atoms with E-state index >= 15 is 0 Å². The van der Waals surface area contributed by atoms with Gasteiger partial charge in [-0.15, -0.1) is 0 Å². The molecule has 0 aliphatic carbocycles. The first-order valence-corrected chi connectivity index (χ1v) is 7.52. The van der Waals surface area contributed by atoms with Crippen LogP contribution in [0.15, 0.2) is 30.3 Å². The summed E-state index contributed by atoms with van der Waals surface area (Å²) in [6, 6.07) is 10.5. The van der Waals surface area contributed by atoms with Crippen molar-refractivity contribution in [1.82, 2.24) is 9.80 Å². The zero-order valence-electron chi connectivity index (χ0n) is 10.5. The number of hydrogen-bond acceptors (Lipinski definition) is 2. The summed E-state index contributed by atoms with van der Waals surface area (Å²) in [4.78, 5) is 16.1. The van der Waals surface area contributed by atoms with Gasteiger partial charge in [-0.3, -0.25) is 9.69 Å². The molecular weight excluding hydrogens is 292 g/mol. The monoisotopic (exact) mass is 310 g/mol. The number of halogens is 1. The number of nitrogens with zero attached hydrogens (tertiary/aromatic N) is 2. The number of piperazine rings is 1. The third kappa shape index (κ3) is 3.82. The number of carbonyl (C=O) groups is 1. The third-order valence-electron chi connectivity index (χ3n) is 3.28. The SMILES string of the molecule is O=C(CCBr)N1CCN(Cc2ccccc2)CC1. The molecule has 1 saturated heterocycles. The van der Waals surface area contributed by atoms with Crippen molar-refractivity contribution in [3.8, 4) is 0 Å². The second-order valence-electron chi connectivity index (χ2n) is 4.58. The molecule has 1 aromatic rings. The van der Waals surface area contributed by atoms with Crippen molar-refractivity contribution in [1.29, 1.82) is 0 Å². The lowest BCUT2D eigenvalue weighted by Gasteiger charge is -2.34. The van der Waals surface area contributed by atoms with Crippen LogP contribution in [0.25, 0.3) is 0 Å². The Bertz CT molecular complexity index is 375. The molecule has 4 heteroatoms. The molecule has 0 spiro atoms. The summed E-state index contributed by atoms with van der Waals surface area (Å²) >= 11 is 3.31. The van der Waals surface area contributed by atoms with E-state index in [9.17, 15) is 4.79 Å². The van der Waals surface area contributed by atoms with E-state index in [2.05, 4.69) is 45.1 Å². The van der Waals surface area contributed by atoms with Crippen LogP contribution in [0.5, 0.6) is 0 Å². The van der Waals surface area contributed by atoms with Crippen LogP contribution >= 0.6 is 15.9 Å². The average Bonchev–Trinajstić information content (AvgIpc) is 2.41. The first-order chi connectivity index (χ1) is 8.79. The van der Waals surface area contributed by atoms with Crippen molar-refractivity contribution in [3.05, 3.63) is 35.9 Å². The molecule has 18 heavy (non-hydrogen) atoms. The number of carbonyl (C=O) groups excluding carboxylic acids is 1. The van der Waals surface area contributed by atoms with Gasteiger partial charge in [0.1, 0.15) is 0 Å². The van der Waals surface area contributed by atoms with Gasteiger partial charge in [-0.1, -0.05) is 46.3 Å². The van der Waals surface area contributed by atoms with E-state index in [4.69, 9.17) is 0 Å². The predicted molar refractivity (Wildman–Crippen MR) is 76.7 cm³/mol. The molecule has 1 heterocycles. The highest BCUT2D eigenvalue weighted by molar-refractivity contribution is 9.09. The van der Waals surface area contributed by atoms with Gasteiger partial charge < -0.3 is 4.90 Å². The zero-order valence-corrected chi connectivity index (χ0v) is 12.1. The molecule has 0 aromatic heterocycles. The van der Waals surface area contributed by atoms with Crippen LogP contribution < -0.4 is 0 Å². The number of alkyl halides is 1. The molecule has 1 aliphatic heterocycles. The molecule has 0 saturated carbocycles. The van der Waals surface area contributed by atoms with E-state index in [1.165, 1.54) is 5.56 Å². The van der Waals surface area contributed by atoms with Crippen LogP contribution in [-0.4, -0.2) is 47.2 Å². The predicted octanol–water partition coefficient (Wildman–Crippen LogP) is 2.12. The Morgan fingerprint density at radius 1 is 1.11 bits per heavy atom. The summed E-state index contributed by atoms with van der Waals surface area (Å²) in [5, 5.41) is 0.760. The quantitative estimate of drug-likeness (QED) is 0.795. The topological polar surface area (TPSA) is 23.6 Å². The minimum absolute atomic E-state index is 0.270. The molecule has 3 nitrogen and oxygen atoms in total. The van der Waals surface area contributed by atoms with Crippen LogP contribution in [0.2, 0.25) is 0 Å². The van der Waals surface area contributed by atoms with Gasteiger partial charge in [0.15, 0.2) is 0 Å². The summed E-state index contributed by atoms with van der Waals surface area (Å²) in [5.74, 6) is 0.270. The van der Waals surface area contributed by atoms with Crippen molar-refractivity contribution in [2.24, 2.45) is 0 Å². The lowest BCUT2D eigenvalue weighted by atomic mass is 10.2. The molecule has 0 bridgehead atoms. The smallest absolute Gasteiger partial charge is 0.223 e. The standard InChI is InChI=1S/C14H19BrN2O/c15-7-6-14(18)17-10-8-16(9-11-17)12-13-4-2-1-3-5-13/h1-5H,6-12H2. The molecule has 1 fully saturated rings. The van der Waals surface area contributed by atoms with Gasteiger partial charge in [-0.05, 0) is 5.56 Å². The first kappa shape index (κ1) is 13.6. The maximum atomic E-state index is 11.7. The van der Waals surface area contributed by atoms with Crippen LogP contribution in [0, 0.1) is 0 Å². The Hall–Kier alpha value is -0.870. The minimum atomic E-state index is 0.270. The van der Waals surface area contributed by atoms with E-state index in [0.717, 1.165) is 38.1 Å². The van der Waals surface area contributed by atoms with Crippen LogP contribution in [0.1, 0.15) is 12.0 Å². The maximum Gasteiger partial charge on any atom is 0.223 e. The summed E-state index contributed by atoms with van der Waals surface area (Å²) in [6.45, 7) is 4.66. The van der Waals surface area contributed by atoms with Crippen molar-refractivity contribution < 1.29 is 4.79 Å². The molecule has 1 aliphatic rings. The van der Waals surface area contributed by atoms with Crippen LogP contribution in [0.3, 0.4) is 0 Å². The maximum absolute atomic E-state index is 11.7. The fraction of sp³-hybridized carbons (Fsp3) is 0.500. The first-order valence-electron chi connectivity index (χ1n) is 6.39. The van der Waals surface area contributed by atoms with E-state index in [1.54, 1.807) is 0 Å². The summed E-state index contributed by atoms with van der Waals surface area (Å²) < 4.78 is 0. The molecule has 0 unspecified atom stereocenters. The highest BCUT2D eigenvalue weighted by atomic mass is 79.9. The second-order valence-corrected chi connectivity index (χ2v) is 5.37. The van der Waals surface area contributed by atoms with Crippen LogP contribution in [0.4, 0.5) is 0 Å². The molecule has 0 N–H and O–H groups in total. The molecule has 1 amide bonds. The fourth-order valence-electron chi connectivity index (χ4n) is 2.24. The number of benzene rings is 1. The minimum Gasteiger partial charge on any atom is -0.340 e. The molecule has 98 valence electrons. The van der Waals surface area contributed by atoms with Crippen molar-refractivity contribution in [2.45, 2.75) is 13.0 Å². The van der Waals surface area contributed by atoms with Crippen LogP contribution in [-0.2, 0) is 11.3 Å². The Kier molecular flexibility index (Phi) is 5.20. The van der Waals surface area contributed by atoms with Crippen molar-refractivity contribution in [2.75, 3.05) is 31.5 Å². The lowest BCUT2D eigenvalue weighted by molar-refractivity contribution is -0.132. The van der Waals surface area contributed by atoms with Gasteiger partial charge in [-0.2, -0.15) is 0 Å². The van der Waals surface area contributed by atoms with Crippen molar-refractivity contribution in [3.63, 3.8) is 0 Å². The zero-order chi connectivity index (χ0) is 12.8. The van der Waals surface area contributed by atoms with Gasteiger partial charge in [0.25, 0.3) is 0 Å². The molecule has 0 atom stereocenters. The van der Waals surface area contributed by atoms with Gasteiger partial charge in [0.05, 0.1) is 0 Å².